The van der Waals surface area contributed by atoms with Gasteiger partial charge in [-0.15, -0.1) is 0 Å². The summed E-state index contributed by atoms with van der Waals surface area (Å²) in [6, 6.07) is 0.691. The summed E-state index contributed by atoms with van der Waals surface area (Å²) in [5, 5.41) is 0. The van der Waals surface area contributed by atoms with Gasteiger partial charge in [-0.05, 0) is 38.8 Å². The van der Waals surface area contributed by atoms with E-state index in [1.807, 2.05) is 0 Å². The van der Waals surface area contributed by atoms with Crippen molar-refractivity contribution in [2.75, 3.05) is 13.1 Å². The molecule has 2 N–H and O–H groups in total. The zero-order valence-corrected chi connectivity index (χ0v) is 7.34. The van der Waals surface area contributed by atoms with Gasteiger partial charge < -0.3 is 5.73 Å². The Kier molecular flexibility index (Phi) is 1.69. The Labute approximate surface area is 68.7 Å². The molecule has 0 amide bonds. The molecule has 0 aromatic carbocycles. The molecule has 1 aliphatic heterocycles. The first-order chi connectivity index (χ1) is 5.26. The SMILES string of the molecule is CCC(N1CCC1)C1(N)CC1. The molecule has 1 heterocycles. The van der Waals surface area contributed by atoms with Gasteiger partial charge in [0.1, 0.15) is 0 Å². The molecule has 64 valence electrons. The number of nitrogens with two attached hydrogens (primary N) is 1. The number of rotatable bonds is 3. The van der Waals surface area contributed by atoms with Crippen LogP contribution in [0, 0.1) is 0 Å². The lowest BCUT2D eigenvalue weighted by Crippen LogP contribution is -2.54. The van der Waals surface area contributed by atoms with Crippen LogP contribution in [-0.4, -0.2) is 29.6 Å². The van der Waals surface area contributed by atoms with E-state index in [-0.39, 0.29) is 5.54 Å². The summed E-state index contributed by atoms with van der Waals surface area (Å²) in [5.41, 5.74) is 6.39. The maximum absolute atomic E-state index is 6.17. The highest BCUT2D eigenvalue weighted by Gasteiger charge is 2.48. The molecular formula is C9H18N2. The lowest BCUT2D eigenvalue weighted by molar-refractivity contribution is 0.0905. The fourth-order valence-electron chi connectivity index (χ4n) is 2.16. The standard InChI is InChI=1S/C9H18N2/c1-2-8(9(10)4-5-9)11-6-3-7-11/h8H,2-7,10H2,1H3. The Morgan fingerprint density at radius 3 is 2.36 bits per heavy atom. The molecule has 2 fully saturated rings. The average molecular weight is 154 g/mol. The number of nitrogens with zero attached hydrogens (tertiary/aromatic N) is 1. The minimum absolute atomic E-state index is 0.217. The Balaban J connectivity index is 1.94. The van der Waals surface area contributed by atoms with Crippen molar-refractivity contribution < 1.29 is 0 Å². The third kappa shape index (κ3) is 1.18. The Morgan fingerprint density at radius 1 is 1.45 bits per heavy atom. The van der Waals surface area contributed by atoms with E-state index < -0.39 is 0 Å². The second kappa shape index (κ2) is 2.46. The largest absolute Gasteiger partial charge is 0.324 e. The Morgan fingerprint density at radius 2 is 2.09 bits per heavy atom. The summed E-state index contributed by atoms with van der Waals surface area (Å²) in [7, 11) is 0. The van der Waals surface area contributed by atoms with E-state index in [0.29, 0.717) is 6.04 Å². The number of hydrogen-bond acceptors (Lipinski definition) is 2. The Hall–Kier alpha value is -0.0800. The van der Waals surface area contributed by atoms with Gasteiger partial charge in [-0.3, -0.25) is 4.90 Å². The molecule has 0 radical (unpaired) electrons. The van der Waals surface area contributed by atoms with Gasteiger partial charge in [0, 0.05) is 11.6 Å². The molecule has 1 saturated heterocycles. The van der Waals surface area contributed by atoms with E-state index in [0.717, 1.165) is 0 Å². The molecule has 2 aliphatic rings. The molecule has 11 heavy (non-hydrogen) atoms. The van der Waals surface area contributed by atoms with Crippen molar-refractivity contribution in [1.29, 1.82) is 0 Å². The summed E-state index contributed by atoms with van der Waals surface area (Å²) in [6.07, 6.45) is 5.12. The molecule has 1 unspecified atom stereocenters. The van der Waals surface area contributed by atoms with Gasteiger partial charge in [-0.1, -0.05) is 6.92 Å². The molecule has 0 aromatic heterocycles. The normalized spacial score (nSPS) is 31.1. The van der Waals surface area contributed by atoms with E-state index in [1.165, 1.54) is 38.8 Å². The summed E-state index contributed by atoms with van der Waals surface area (Å²) in [6.45, 7) is 4.84. The van der Waals surface area contributed by atoms with Crippen molar-refractivity contribution in [2.45, 2.75) is 44.2 Å². The second-order valence-electron chi connectivity index (χ2n) is 4.05. The van der Waals surface area contributed by atoms with Crippen LogP contribution in [0.3, 0.4) is 0 Å². The molecule has 1 atom stereocenters. The maximum Gasteiger partial charge on any atom is 0.0313 e. The Bertz CT molecular complexity index is 148. The monoisotopic (exact) mass is 154 g/mol. The fraction of sp³-hybridized carbons (Fsp3) is 1.00. The maximum atomic E-state index is 6.17. The summed E-state index contributed by atoms with van der Waals surface area (Å²) in [4.78, 5) is 2.55. The van der Waals surface area contributed by atoms with Crippen molar-refractivity contribution in [3.05, 3.63) is 0 Å². The lowest BCUT2D eigenvalue weighted by Gasteiger charge is -2.41. The van der Waals surface area contributed by atoms with Crippen molar-refractivity contribution in [3.8, 4) is 0 Å². The van der Waals surface area contributed by atoms with Crippen LogP contribution in [0.1, 0.15) is 32.6 Å². The summed E-state index contributed by atoms with van der Waals surface area (Å²) in [5.74, 6) is 0. The van der Waals surface area contributed by atoms with E-state index >= 15 is 0 Å². The molecule has 1 aliphatic carbocycles. The van der Waals surface area contributed by atoms with Crippen LogP contribution >= 0.6 is 0 Å². The first kappa shape index (κ1) is 7.56. The molecule has 2 heteroatoms. The predicted octanol–water partition coefficient (Wildman–Crippen LogP) is 0.962. The average Bonchev–Trinajstić information content (AvgIpc) is 2.59. The lowest BCUT2D eigenvalue weighted by atomic mass is 9.99. The zero-order chi connectivity index (χ0) is 7.90. The highest BCUT2D eigenvalue weighted by atomic mass is 15.2. The molecule has 0 bridgehead atoms. The first-order valence-electron chi connectivity index (χ1n) is 4.79. The van der Waals surface area contributed by atoms with E-state index in [9.17, 15) is 0 Å². The second-order valence-corrected chi connectivity index (χ2v) is 4.05. The van der Waals surface area contributed by atoms with Crippen molar-refractivity contribution in [1.82, 2.24) is 4.90 Å². The van der Waals surface area contributed by atoms with Crippen LogP contribution in [0.4, 0.5) is 0 Å². The predicted molar refractivity (Wildman–Crippen MR) is 46.4 cm³/mol. The van der Waals surface area contributed by atoms with Gasteiger partial charge in [-0.25, -0.2) is 0 Å². The molecular weight excluding hydrogens is 136 g/mol. The molecule has 2 nitrogen and oxygen atoms in total. The minimum Gasteiger partial charge on any atom is -0.324 e. The highest BCUT2D eigenvalue weighted by molar-refractivity contribution is 5.08. The number of likely N-dealkylation sites (tertiary alicyclic amines) is 1. The van der Waals surface area contributed by atoms with Crippen molar-refractivity contribution >= 4 is 0 Å². The van der Waals surface area contributed by atoms with Gasteiger partial charge >= 0.3 is 0 Å². The van der Waals surface area contributed by atoms with Crippen LogP contribution in [0.15, 0.2) is 0 Å². The van der Waals surface area contributed by atoms with Crippen LogP contribution < -0.4 is 5.73 Å². The van der Waals surface area contributed by atoms with Crippen molar-refractivity contribution in [2.24, 2.45) is 5.73 Å². The van der Waals surface area contributed by atoms with Gasteiger partial charge in [0.15, 0.2) is 0 Å². The first-order valence-corrected chi connectivity index (χ1v) is 4.79. The van der Waals surface area contributed by atoms with Crippen LogP contribution in [0.25, 0.3) is 0 Å². The van der Waals surface area contributed by atoms with E-state index in [2.05, 4.69) is 11.8 Å². The topological polar surface area (TPSA) is 29.3 Å². The summed E-state index contributed by atoms with van der Waals surface area (Å²) >= 11 is 0. The zero-order valence-electron chi connectivity index (χ0n) is 7.34. The highest BCUT2D eigenvalue weighted by Crippen LogP contribution is 2.40. The third-order valence-corrected chi connectivity index (χ3v) is 3.21. The number of hydrogen-bond donors (Lipinski definition) is 1. The van der Waals surface area contributed by atoms with Gasteiger partial charge in [0.2, 0.25) is 0 Å². The van der Waals surface area contributed by atoms with Gasteiger partial charge in [-0.2, -0.15) is 0 Å². The molecule has 0 aromatic rings. The minimum atomic E-state index is 0.217. The van der Waals surface area contributed by atoms with Crippen molar-refractivity contribution in [3.63, 3.8) is 0 Å². The molecule has 2 rings (SSSR count). The molecule has 0 spiro atoms. The van der Waals surface area contributed by atoms with Gasteiger partial charge in [0.25, 0.3) is 0 Å². The van der Waals surface area contributed by atoms with Crippen LogP contribution in [-0.2, 0) is 0 Å². The van der Waals surface area contributed by atoms with E-state index in [4.69, 9.17) is 5.73 Å². The van der Waals surface area contributed by atoms with Crippen LogP contribution in [0.2, 0.25) is 0 Å². The quantitative estimate of drug-likeness (QED) is 0.656. The smallest absolute Gasteiger partial charge is 0.0313 e. The van der Waals surface area contributed by atoms with Gasteiger partial charge in [0.05, 0.1) is 0 Å². The summed E-state index contributed by atoms with van der Waals surface area (Å²) < 4.78 is 0. The van der Waals surface area contributed by atoms with Crippen LogP contribution in [0.5, 0.6) is 0 Å². The molecule has 1 saturated carbocycles. The van der Waals surface area contributed by atoms with E-state index in [1.54, 1.807) is 0 Å². The fourth-order valence-corrected chi connectivity index (χ4v) is 2.16. The third-order valence-electron chi connectivity index (χ3n) is 3.21.